The zero-order valence-electron chi connectivity index (χ0n) is 13.9. The van der Waals surface area contributed by atoms with Gasteiger partial charge in [-0.1, -0.05) is 0 Å². The molecule has 1 aliphatic heterocycles. The van der Waals surface area contributed by atoms with Gasteiger partial charge in [0.1, 0.15) is 17.1 Å². The number of thioether (sulfide) groups is 1. The molecule has 134 valence electrons. The summed E-state index contributed by atoms with van der Waals surface area (Å²) in [5.74, 6) is -0.771. The van der Waals surface area contributed by atoms with Crippen LogP contribution in [-0.2, 0) is 4.79 Å². The molecular weight excluding hydrogens is 345 g/mol. The Hall–Kier alpha value is -1.87. The normalized spacial score (nSPS) is 19.4. The average molecular weight is 365 g/mol. The molecule has 25 heavy (non-hydrogen) atoms. The minimum Gasteiger partial charge on any atom is -0.535 e. The molecule has 3 rings (SSSR count). The zero-order chi connectivity index (χ0) is 18.0. The number of carbonyl (C=O) groups excluding carboxylic acids is 1. The molecule has 7 nitrogen and oxygen atoms in total. The number of hydrogen-bond donors (Lipinski definition) is 3. The number of ether oxygens (including phenoxy) is 1. The van der Waals surface area contributed by atoms with Crippen LogP contribution in [0.1, 0.15) is 41.2 Å². The second-order valence-corrected chi connectivity index (χ2v) is 7.06. The van der Waals surface area contributed by atoms with E-state index >= 15 is 0 Å². The van der Waals surface area contributed by atoms with Gasteiger partial charge in [0.25, 0.3) is 0 Å². The molecule has 0 spiro atoms. The lowest BCUT2D eigenvalue weighted by Crippen LogP contribution is -2.39. The van der Waals surface area contributed by atoms with Gasteiger partial charge in [-0.15, -0.1) is 0 Å². The number of carbonyl (C=O) groups is 2. The fraction of sp³-hybridized carbons (Fsp3) is 0.500. The average Bonchev–Trinajstić information content (AvgIpc) is 2.50. The molecule has 0 bridgehead atoms. The fourth-order valence-electron chi connectivity index (χ4n) is 2.97. The third-order valence-corrected chi connectivity index (χ3v) is 4.94. The lowest BCUT2D eigenvalue weighted by atomic mass is 9.75. The zero-order valence-corrected chi connectivity index (χ0v) is 14.7. The first-order valence-electron chi connectivity index (χ1n) is 8.19. The van der Waals surface area contributed by atoms with Gasteiger partial charge in [-0.05, 0) is 37.7 Å². The van der Waals surface area contributed by atoms with Crippen LogP contribution < -0.4 is 14.7 Å². The summed E-state index contributed by atoms with van der Waals surface area (Å²) in [7, 11) is -1.19. The number of amides is 1. The summed E-state index contributed by atoms with van der Waals surface area (Å²) < 4.78 is 11.2. The number of rotatable bonds is 6. The van der Waals surface area contributed by atoms with Crippen LogP contribution in [-0.4, -0.2) is 47.2 Å². The van der Waals surface area contributed by atoms with E-state index in [-0.39, 0.29) is 41.1 Å². The Balaban J connectivity index is 1.94. The van der Waals surface area contributed by atoms with Crippen LogP contribution in [0.15, 0.2) is 12.1 Å². The van der Waals surface area contributed by atoms with E-state index in [1.165, 1.54) is 11.8 Å². The van der Waals surface area contributed by atoms with Crippen molar-refractivity contribution in [3.63, 3.8) is 0 Å². The van der Waals surface area contributed by atoms with Crippen LogP contribution in [0.3, 0.4) is 0 Å². The molecule has 1 aromatic carbocycles. The highest BCUT2D eigenvalue weighted by Gasteiger charge is 2.37. The third kappa shape index (κ3) is 3.87. The van der Waals surface area contributed by atoms with E-state index in [9.17, 15) is 19.7 Å². The van der Waals surface area contributed by atoms with E-state index in [0.29, 0.717) is 5.56 Å². The summed E-state index contributed by atoms with van der Waals surface area (Å²) in [6.07, 6.45) is 4.85. The van der Waals surface area contributed by atoms with Gasteiger partial charge in [0.05, 0.1) is 17.9 Å². The van der Waals surface area contributed by atoms with Crippen molar-refractivity contribution in [3.05, 3.63) is 23.3 Å². The van der Waals surface area contributed by atoms with Crippen molar-refractivity contribution in [1.29, 1.82) is 0 Å². The molecule has 3 N–H and O–H groups in total. The lowest BCUT2D eigenvalue weighted by molar-refractivity contribution is -0.119. The van der Waals surface area contributed by atoms with Gasteiger partial charge < -0.3 is 24.8 Å². The number of hydrogen-bond acceptors (Lipinski definition) is 6. The van der Waals surface area contributed by atoms with Gasteiger partial charge in [-0.3, -0.25) is 4.79 Å². The minimum atomic E-state index is -1.19. The van der Waals surface area contributed by atoms with Crippen LogP contribution in [0.2, 0.25) is 6.32 Å². The van der Waals surface area contributed by atoms with Crippen molar-refractivity contribution in [3.8, 4) is 11.5 Å². The van der Waals surface area contributed by atoms with Crippen LogP contribution in [0, 0.1) is 0 Å². The molecule has 1 atom stereocenters. The van der Waals surface area contributed by atoms with Crippen molar-refractivity contribution in [2.75, 3.05) is 12.0 Å². The van der Waals surface area contributed by atoms with Gasteiger partial charge in [-0.25, -0.2) is 4.79 Å². The maximum absolute atomic E-state index is 11.9. The SMILES string of the molecule is CSCC(=O)N[C@@H]1CB(O)Oc2c1ccc(OC1CCC1)c2C(=O)O. The first kappa shape index (κ1) is 17.9. The van der Waals surface area contributed by atoms with Crippen LogP contribution >= 0.6 is 11.8 Å². The number of benzene rings is 1. The molecule has 0 aromatic heterocycles. The first-order valence-corrected chi connectivity index (χ1v) is 9.59. The van der Waals surface area contributed by atoms with E-state index in [1.54, 1.807) is 12.1 Å². The summed E-state index contributed by atoms with van der Waals surface area (Å²) in [5.41, 5.74) is 0.436. The maximum Gasteiger partial charge on any atom is 0.525 e. The second kappa shape index (κ2) is 7.57. The Morgan fingerprint density at radius 3 is 2.80 bits per heavy atom. The van der Waals surface area contributed by atoms with Crippen molar-refractivity contribution < 1.29 is 29.1 Å². The number of carboxylic acids is 1. The largest absolute Gasteiger partial charge is 0.535 e. The summed E-state index contributed by atoms with van der Waals surface area (Å²) >= 11 is 1.39. The van der Waals surface area contributed by atoms with Crippen molar-refractivity contribution >= 4 is 30.8 Å². The number of aromatic carboxylic acids is 1. The number of fused-ring (bicyclic) bond motifs is 1. The van der Waals surface area contributed by atoms with Gasteiger partial charge in [0.15, 0.2) is 0 Å². The maximum atomic E-state index is 11.9. The predicted octanol–water partition coefficient (Wildman–Crippen LogP) is 1.71. The standard InChI is InChI=1S/C16H20BNO6S/c1-25-8-13(19)18-11-7-17(22)24-15-10(11)5-6-12(14(15)16(20)21)23-9-3-2-4-9/h5-6,9,11,22H,2-4,7-8H2,1H3,(H,18,19)(H,20,21)/t11-/m1/s1. The van der Waals surface area contributed by atoms with Gasteiger partial charge in [0.2, 0.25) is 5.91 Å². The quantitative estimate of drug-likeness (QED) is 0.659. The topological polar surface area (TPSA) is 105 Å². The summed E-state index contributed by atoms with van der Waals surface area (Å²) in [6, 6.07) is 2.80. The van der Waals surface area contributed by atoms with Crippen molar-refractivity contribution in [2.45, 2.75) is 37.7 Å². The fourth-order valence-corrected chi connectivity index (χ4v) is 3.31. The third-order valence-electron chi connectivity index (χ3n) is 4.39. The summed E-state index contributed by atoms with van der Waals surface area (Å²) in [6.45, 7) is 0. The highest BCUT2D eigenvalue weighted by atomic mass is 32.2. The van der Waals surface area contributed by atoms with Crippen molar-refractivity contribution in [2.24, 2.45) is 0 Å². The van der Waals surface area contributed by atoms with Crippen LogP contribution in [0.4, 0.5) is 0 Å². The predicted molar refractivity (Wildman–Crippen MR) is 94.3 cm³/mol. The van der Waals surface area contributed by atoms with Gasteiger partial charge >= 0.3 is 13.1 Å². The van der Waals surface area contributed by atoms with E-state index in [1.807, 2.05) is 6.26 Å². The van der Waals surface area contributed by atoms with Crippen LogP contribution in [0.5, 0.6) is 11.5 Å². The molecule has 1 heterocycles. The van der Waals surface area contributed by atoms with E-state index in [4.69, 9.17) is 9.39 Å². The Morgan fingerprint density at radius 1 is 1.44 bits per heavy atom. The molecule has 1 saturated carbocycles. The highest BCUT2D eigenvalue weighted by molar-refractivity contribution is 7.99. The second-order valence-electron chi connectivity index (χ2n) is 6.19. The smallest absolute Gasteiger partial charge is 0.525 e. The molecule has 1 amide bonds. The molecule has 2 aliphatic rings. The highest BCUT2D eigenvalue weighted by Crippen LogP contribution is 2.42. The molecule has 9 heteroatoms. The van der Waals surface area contributed by atoms with Gasteiger partial charge in [0, 0.05) is 11.9 Å². The molecule has 1 fully saturated rings. The molecule has 1 aliphatic carbocycles. The number of carboxylic acid groups (broad SMARTS) is 1. The van der Waals surface area contributed by atoms with E-state index in [2.05, 4.69) is 5.32 Å². The molecular formula is C16H20BNO6S. The monoisotopic (exact) mass is 365 g/mol. The minimum absolute atomic E-state index is 0.0155. The van der Waals surface area contributed by atoms with Crippen molar-refractivity contribution in [1.82, 2.24) is 5.32 Å². The summed E-state index contributed by atoms with van der Waals surface area (Å²) in [4.78, 5) is 23.7. The van der Waals surface area contributed by atoms with E-state index in [0.717, 1.165) is 19.3 Å². The molecule has 0 unspecified atom stereocenters. The first-order chi connectivity index (χ1) is 12.0. The molecule has 0 radical (unpaired) electrons. The lowest BCUT2D eigenvalue weighted by Gasteiger charge is -2.31. The summed E-state index contributed by atoms with van der Waals surface area (Å²) in [5, 5.41) is 22.4. The number of nitrogens with one attached hydrogen (secondary N) is 1. The molecule has 0 saturated heterocycles. The van der Waals surface area contributed by atoms with Gasteiger partial charge in [-0.2, -0.15) is 11.8 Å². The Kier molecular flexibility index (Phi) is 5.43. The van der Waals surface area contributed by atoms with E-state index < -0.39 is 19.1 Å². The Morgan fingerprint density at radius 2 is 2.20 bits per heavy atom. The Bertz CT molecular complexity index is 681. The molecule has 1 aromatic rings. The Labute approximate surface area is 150 Å². The van der Waals surface area contributed by atoms with Crippen LogP contribution in [0.25, 0.3) is 0 Å².